The summed E-state index contributed by atoms with van der Waals surface area (Å²) in [7, 11) is 0. The highest BCUT2D eigenvalue weighted by molar-refractivity contribution is 5.25. The molecule has 1 saturated carbocycles. The van der Waals surface area contributed by atoms with Crippen molar-refractivity contribution in [2.75, 3.05) is 0 Å². The lowest BCUT2D eigenvalue weighted by Crippen LogP contribution is -2.47. The molecule has 1 aromatic rings. The number of nitrogens with one attached hydrogen (secondary N) is 1. The average molecular weight is 235 g/mol. The first-order valence-electron chi connectivity index (χ1n) is 6.35. The minimum Gasteiger partial charge on any atom is -0.508 e. The van der Waals surface area contributed by atoms with E-state index in [2.05, 4.69) is 12.2 Å². The van der Waals surface area contributed by atoms with Crippen LogP contribution in [0, 0.1) is 0 Å². The standard InChI is InChI=1S/C14H21NO2/c1-10(15-12-8-14(17)9-12)2-3-11-4-6-13(16)7-5-11/h4-7,10,12,14-17H,2-3,8-9H2,1H3. The molecule has 1 aliphatic rings. The maximum atomic E-state index is 9.20. The number of phenols is 1. The molecule has 3 N–H and O–H groups in total. The van der Waals surface area contributed by atoms with Crippen molar-refractivity contribution in [3.63, 3.8) is 0 Å². The van der Waals surface area contributed by atoms with E-state index >= 15 is 0 Å². The molecule has 0 spiro atoms. The third-order valence-corrected chi connectivity index (χ3v) is 3.44. The Hall–Kier alpha value is -1.06. The zero-order chi connectivity index (χ0) is 12.3. The van der Waals surface area contributed by atoms with Crippen molar-refractivity contribution in [2.45, 2.75) is 50.8 Å². The fraction of sp³-hybridized carbons (Fsp3) is 0.571. The van der Waals surface area contributed by atoms with Crippen molar-refractivity contribution >= 4 is 0 Å². The lowest BCUT2D eigenvalue weighted by molar-refractivity contribution is 0.0582. The molecule has 17 heavy (non-hydrogen) atoms. The van der Waals surface area contributed by atoms with Crippen LogP contribution >= 0.6 is 0 Å². The zero-order valence-corrected chi connectivity index (χ0v) is 10.3. The second-order valence-electron chi connectivity index (χ2n) is 5.09. The van der Waals surface area contributed by atoms with Crippen molar-refractivity contribution in [1.82, 2.24) is 5.32 Å². The highest BCUT2D eigenvalue weighted by Crippen LogP contribution is 2.20. The highest BCUT2D eigenvalue weighted by atomic mass is 16.3. The number of benzene rings is 1. The van der Waals surface area contributed by atoms with Gasteiger partial charge >= 0.3 is 0 Å². The molecule has 1 aromatic carbocycles. The van der Waals surface area contributed by atoms with Gasteiger partial charge in [-0.3, -0.25) is 0 Å². The molecule has 3 nitrogen and oxygen atoms in total. The molecule has 1 aliphatic carbocycles. The second-order valence-corrected chi connectivity index (χ2v) is 5.09. The van der Waals surface area contributed by atoms with E-state index < -0.39 is 0 Å². The van der Waals surface area contributed by atoms with Crippen LogP contribution in [0.1, 0.15) is 31.7 Å². The van der Waals surface area contributed by atoms with Gasteiger partial charge in [0.15, 0.2) is 0 Å². The minimum atomic E-state index is -0.0863. The summed E-state index contributed by atoms with van der Waals surface area (Å²) in [4.78, 5) is 0. The van der Waals surface area contributed by atoms with Gasteiger partial charge in [0, 0.05) is 12.1 Å². The van der Waals surface area contributed by atoms with E-state index in [1.807, 2.05) is 12.1 Å². The molecule has 0 amide bonds. The summed E-state index contributed by atoms with van der Waals surface area (Å²) in [5.74, 6) is 0.323. The Labute approximate surface area is 102 Å². The Morgan fingerprint density at radius 3 is 2.53 bits per heavy atom. The van der Waals surface area contributed by atoms with Crippen molar-refractivity contribution in [2.24, 2.45) is 0 Å². The van der Waals surface area contributed by atoms with E-state index in [9.17, 15) is 10.2 Å². The van der Waals surface area contributed by atoms with Crippen LogP contribution in [0.25, 0.3) is 0 Å². The van der Waals surface area contributed by atoms with Crippen LogP contribution in [0.3, 0.4) is 0 Å². The van der Waals surface area contributed by atoms with Gasteiger partial charge in [-0.1, -0.05) is 12.1 Å². The number of aromatic hydroxyl groups is 1. The summed E-state index contributed by atoms with van der Waals surface area (Å²) in [6.07, 6.45) is 3.80. The van der Waals surface area contributed by atoms with Gasteiger partial charge in [-0.15, -0.1) is 0 Å². The molecule has 0 aromatic heterocycles. The van der Waals surface area contributed by atoms with Crippen LogP contribution in [0.2, 0.25) is 0 Å². The fourth-order valence-corrected chi connectivity index (χ4v) is 2.26. The number of aryl methyl sites for hydroxylation is 1. The molecule has 0 bridgehead atoms. The number of aliphatic hydroxyl groups excluding tert-OH is 1. The molecule has 2 rings (SSSR count). The van der Waals surface area contributed by atoms with Crippen LogP contribution in [0.5, 0.6) is 5.75 Å². The van der Waals surface area contributed by atoms with E-state index in [1.165, 1.54) is 5.56 Å². The Morgan fingerprint density at radius 2 is 1.94 bits per heavy atom. The summed E-state index contributed by atoms with van der Waals surface area (Å²) in [5, 5.41) is 21.9. The number of rotatable bonds is 5. The zero-order valence-electron chi connectivity index (χ0n) is 10.3. The lowest BCUT2D eigenvalue weighted by Gasteiger charge is -2.34. The number of aliphatic hydroxyl groups is 1. The maximum absolute atomic E-state index is 9.20. The summed E-state index contributed by atoms with van der Waals surface area (Å²) in [5.41, 5.74) is 1.25. The molecule has 0 aliphatic heterocycles. The van der Waals surface area contributed by atoms with Crippen LogP contribution in [-0.2, 0) is 6.42 Å². The molecule has 1 atom stereocenters. The highest BCUT2D eigenvalue weighted by Gasteiger charge is 2.27. The van der Waals surface area contributed by atoms with Crippen LogP contribution in [0.15, 0.2) is 24.3 Å². The fourth-order valence-electron chi connectivity index (χ4n) is 2.26. The average Bonchev–Trinajstić information content (AvgIpc) is 2.26. The van der Waals surface area contributed by atoms with Gasteiger partial charge in [-0.25, -0.2) is 0 Å². The minimum absolute atomic E-state index is 0.0863. The summed E-state index contributed by atoms with van der Waals surface area (Å²) < 4.78 is 0. The second kappa shape index (κ2) is 5.52. The summed E-state index contributed by atoms with van der Waals surface area (Å²) in [6, 6.07) is 8.37. The smallest absolute Gasteiger partial charge is 0.115 e. The van der Waals surface area contributed by atoms with Crippen LogP contribution in [-0.4, -0.2) is 28.4 Å². The molecule has 3 heteroatoms. The van der Waals surface area contributed by atoms with Crippen molar-refractivity contribution in [1.29, 1.82) is 0 Å². The molecular weight excluding hydrogens is 214 g/mol. The van der Waals surface area contributed by atoms with Crippen molar-refractivity contribution in [3.8, 4) is 5.75 Å². The van der Waals surface area contributed by atoms with Gasteiger partial charge < -0.3 is 15.5 Å². The first-order chi connectivity index (χ1) is 8.13. The van der Waals surface area contributed by atoms with Gasteiger partial charge in [0.05, 0.1) is 6.10 Å². The van der Waals surface area contributed by atoms with Crippen molar-refractivity contribution < 1.29 is 10.2 Å². The molecule has 0 saturated heterocycles. The number of hydrogen-bond donors (Lipinski definition) is 3. The SMILES string of the molecule is CC(CCc1ccc(O)cc1)NC1CC(O)C1. The molecule has 1 fully saturated rings. The maximum Gasteiger partial charge on any atom is 0.115 e. The number of hydrogen-bond acceptors (Lipinski definition) is 3. The van der Waals surface area contributed by atoms with Gasteiger partial charge in [0.2, 0.25) is 0 Å². The predicted octanol–water partition coefficient (Wildman–Crippen LogP) is 1.83. The third kappa shape index (κ3) is 3.72. The molecule has 94 valence electrons. The summed E-state index contributed by atoms with van der Waals surface area (Å²) in [6.45, 7) is 2.19. The van der Waals surface area contributed by atoms with E-state index in [0.29, 0.717) is 17.8 Å². The Morgan fingerprint density at radius 1 is 1.29 bits per heavy atom. The quantitative estimate of drug-likeness (QED) is 0.729. The van der Waals surface area contributed by atoms with E-state index in [1.54, 1.807) is 12.1 Å². The largest absolute Gasteiger partial charge is 0.508 e. The van der Waals surface area contributed by atoms with E-state index in [4.69, 9.17) is 0 Å². The first kappa shape index (κ1) is 12.4. The lowest BCUT2D eigenvalue weighted by atomic mass is 9.88. The molecular formula is C14H21NO2. The molecule has 0 radical (unpaired) electrons. The van der Waals surface area contributed by atoms with Gasteiger partial charge in [0.25, 0.3) is 0 Å². The Bertz CT molecular complexity index is 344. The summed E-state index contributed by atoms with van der Waals surface area (Å²) >= 11 is 0. The van der Waals surface area contributed by atoms with Crippen LogP contribution in [0.4, 0.5) is 0 Å². The molecule has 1 unspecified atom stereocenters. The monoisotopic (exact) mass is 235 g/mol. The van der Waals surface area contributed by atoms with E-state index in [-0.39, 0.29) is 6.10 Å². The van der Waals surface area contributed by atoms with E-state index in [0.717, 1.165) is 25.7 Å². The van der Waals surface area contributed by atoms with Crippen LogP contribution < -0.4 is 5.32 Å². The predicted molar refractivity (Wildman–Crippen MR) is 68.1 cm³/mol. The third-order valence-electron chi connectivity index (χ3n) is 3.44. The number of phenolic OH excluding ortho intramolecular Hbond substituents is 1. The van der Waals surface area contributed by atoms with Gasteiger partial charge in [-0.05, 0) is 50.3 Å². The Kier molecular flexibility index (Phi) is 4.02. The van der Waals surface area contributed by atoms with Crippen molar-refractivity contribution in [3.05, 3.63) is 29.8 Å². The van der Waals surface area contributed by atoms with Gasteiger partial charge in [-0.2, -0.15) is 0 Å². The van der Waals surface area contributed by atoms with Gasteiger partial charge in [0.1, 0.15) is 5.75 Å². The first-order valence-corrected chi connectivity index (χ1v) is 6.35. The Balaban J connectivity index is 1.68. The topological polar surface area (TPSA) is 52.5 Å². The molecule has 0 heterocycles. The normalized spacial score (nSPS) is 25.3.